The molecule has 0 bridgehead atoms. The van der Waals surface area contributed by atoms with E-state index in [2.05, 4.69) is 25.3 Å². The largest absolute Gasteiger partial charge is 0.508 e. The molecule has 0 amide bonds. The summed E-state index contributed by atoms with van der Waals surface area (Å²) in [7, 11) is 0. The predicted molar refractivity (Wildman–Crippen MR) is 61.5 cm³/mol. The van der Waals surface area contributed by atoms with Crippen molar-refractivity contribution in [3.05, 3.63) is 30.1 Å². The van der Waals surface area contributed by atoms with Gasteiger partial charge in [-0.25, -0.2) is 4.98 Å². The maximum absolute atomic E-state index is 9.35. The quantitative estimate of drug-likeness (QED) is 0.707. The van der Waals surface area contributed by atoms with E-state index in [4.69, 9.17) is 4.52 Å². The Morgan fingerprint density at radius 2 is 2.22 bits per heavy atom. The van der Waals surface area contributed by atoms with E-state index in [-0.39, 0.29) is 5.75 Å². The lowest BCUT2D eigenvalue weighted by molar-refractivity contribution is 0.431. The molecule has 0 radical (unpaired) electrons. The van der Waals surface area contributed by atoms with Gasteiger partial charge in [-0.3, -0.25) is 5.10 Å². The Labute approximate surface area is 102 Å². The first-order valence-electron chi connectivity index (χ1n) is 5.23. The molecule has 3 rings (SSSR count). The number of H-pyrrole nitrogens is 1. The van der Waals surface area contributed by atoms with E-state index >= 15 is 0 Å². The maximum Gasteiger partial charge on any atom is 0.258 e. The van der Waals surface area contributed by atoms with Gasteiger partial charge >= 0.3 is 0 Å². The van der Waals surface area contributed by atoms with E-state index in [1.165, 1.54) is 6.33 Å². The average molecular weight is 243 g/mol. The molecule has 18 heavy (non-hydrogen) atoms. The highest BCUT2D eigenvalue weighted by molar-refractivity contribution is 5.61. The Hall–Kier alpha value is -2.70. The summed E-state index contributed by atoms with van der Waals surface area (Å²) >= 11 is 0. The monoisotopic (exact) mass is 243 g/mol. The molecular formula is C11H9N5O2. The van der Waals surface area contributed by atoms with Crippen molar-refractivity contribution in [1.82, 2.24) is 25.3 Å². The summed E-state index contributed by atoms with van der Waals surface area (Å²) in [6.45, 7) is 1.85. The van der Waals surface area contributed by atoms with E-state index in [0.29, 0.717) is 17.5 Å². The van der Waals surface area contributed by atoms with Gasteiger partial charge in [0.2, 0.25) is 5.82 Å². The van der Waals surface area contributed by atoms with E-state index in [1.54, 1.807) is 18.2 Å². The second-order valence-electron chi connectivity index (χ2n) is 3.76. The minimum Gasteiger partial charge on any atom is -0.508 e. The van der Waals surface area contributed by atoms with Gasteiger partial charge in [-0.2, -0.15) is 10.1 Å². The summed E-state index contributed by atoms with van der Waals surface area (Å²) in [5.74, 6) is 1.36. The van der Waals surface area contributed by atoms with E-state index in [0.717, 1.165) is 11.1 Å². The van der Waals surface area contributed by atoms with Crippen molar-refractivity contribution in [2.75, 3.05) is 0 Å². The molecule has 0 saturated carbocycles. The Balaban J connectivity index is 2.03. The zero-order chi connectivity index (χ0) is 12.5. The molecule has 0 atom stereocenters. The van der Waals surface area contributed by atoms with Crippen molar-refractivity contribution in [2.45, 2.75) is 6.92 Å². The first-order valence-corrected chi connectivity index (χ1v) is 5.23. The van der Waals surface area contributed by atoms with Crippen LogP contribution in [0.15, 0.2) is 29.0 Å². The van der Waals surface area contributed by atoms with Crippen LogP contribution in [0.2, 0.25) is 0 Å². The van der Waals surface area contributed by atoms with Crippen LogP contribution in [-0.2, 0) is 0 Å². The number of nitrogens with zero attached hydrogens (tertiary/aromatic N) is 4. The number of aryl methyl sites for hydroxylation is 1. The molecule has 0 unspecified atom stereocenters. The van der Waals surface area contributed by atoms with Gasteiger partial charge in [0.1, 0.15) is 12.1 Å². The third-order valence-corrected chi connectivity index (χ3v) is 2.49. The van der Waals surface area contributed by atoms with Gasteiger partial charge in [0, 0.05) is 5.56 Å². The van der Waals surface area contributed by atoms with E-state index in [9.17, 15) is 5.11 Å². The molecule has 0 aliphatic carbocycles. The minimum atomic E-state index is 0.200. The summed E-state index contributed by atoms with van der Waals surface area (Å²) in [4.78, 5) is 8.16. The molecule has 0 fully saturated rings. The van der Waals surface area contributed by atoms with Crippen molar-refractivity contribution < 1.29 is 9.63 Å². The number of rotatable bonds is 2. The first-order chi connectivity index (χ1) is 8.74. The van der Waals surface area contributed by atoms with Crippen molar-refractivity contribution >= 4 is 0 Å². The number of hydrogen-bond acceptors (Lipinski definition) is 6. The van der Waals surface area contributed by atoms with Crippen LogP contribution in [-0.4, -0.2) is 30.4 Å². The fourth-order valence-electron chi connectivity index (χ4n) is 1.63. The van der Waals surface area contributed by atoms with Gasteiger partial charge in [0.25, 0.3) is 5.89 Å². The summed E-state index contributed by atoms with van der Waals surface area (Å²) in [6.07, 6.45) is 1.37. The van der Waals surface area contributed by atoms with Crippen LogP contribution in [0.3, 0.4) is 0 Å². The molecule has 0 spiro atoms. The van der Waals surface area contributed by atoms with Gasteiger partial charge in [-0.15, -0.1) is 0 Å². The fraction of sp³-hybridized carbons (Fsp3) is 0.0909. The smallest absolute Gasteiger partial charge is 0.258 e. The van der Waals surface area contributed by atoms with Gasteiger partial charge in [-0.05, 0) is 30.7 Å². The molecule has 90 valence electrons. The Bertz CT molecular complexity index is 675. The normalized spacial score (nSPS) is 10.7. The second kappa shape index (κ2) is 3.95. The maximum atomic E-state index is 9.35. The predicted octanol–water partition coefficient (Wildman–Crippen LogP) is 1.54. The third-order valence-electron chi connectivity index (χ3n) is 2.49. The van der Waals surface area contributed by atoms with Gasteiger partial charge in [-0.1, -0.05) is 5.16 Å². The van der Waals surface area contributed by atoms with Crippen molar-refractivity contribution in [1.29, 1.82) is 0 Å². The number of benzene rings is 1. The first kappa shape index (κ1) is 10.5. The SMILES string of the molecule is Cc1cc(O)ccc1-c1nc(-c2ncn[nH]2)no1. The fourth-order valence-corrected chi connectivity index (χ4v) is 1.63. The van der Waals surface area contributed by atoms with Crippen LogP contribution in [0.4, 0.5) is 0 Å². The Morgan fingerprint density at radius 3 is 2.94 bits per heavy atom. The number of hydrogen-bond donors (Lipinski definition) is 2. The minimum absolute atomic E-state index is 0.200. The Morgan fingerprint density at radius 1 is 1.33 bits per heavy atom. The second-order valence-corrected chi connectivity index (χ2v) is 3.76. The molecule has 3 aromatic rings. The molecule has 7 heteroatoms. The average Bonchev–Trinajstić information content (AvgIpc) is 2.99. The molecule has 0 aliphatic rings. The summed E-state index contributed by atoms with van der Waals surface area (Å²) in [6, 6.07) is 4.93. The highest BCUT2D eigenvalue weighted by atomic mass is 16.5. The van der Waals surface area contributed by atoms with Crippen LogP contribution in [0.25, 0.3) is 23.1 Å². The molecule has 0 saturated heterocycles. The number of aromatic nitrogens is 5. The lowest BCUT2D eigenvalue weighted by atomic mass is 10.1. The van der Waals surface area contributed by atoms with Crippen LogP contribution in [0, 0.1) is 6.92 Å². The van der Waals surface area contributed by atoms with Gasteiger partial charge < -0.3 is 9.63 Å². The lowest BCUT2D eigenvalue weighted by Crippen LogP contribution is -1.85. The zero-order valence-corrected chi connectivity index (χ0v) is 9.45. The molecule has 2 aromatic heterocycles. The summed E-state index contributed by atoms with van der Waals surface area (Å²) in [5, 5.41) is 19.5. The van der Waals surface area contributed by atoms with Crippen molar-refractivity contribution in [2.24, 2.45) is 0 Å². The zero-order valence-electron chi connectivity index (χ0n) is 9.45. The van der Waals surface area contributed by atoms with Gasteiger partial charge in [0.15, 0.2) is 5.82 Å². The highest BCUT2D eigenvalue weighted by Crippen LogP contribution is 2.26. The molecule has 1 aromatic carbocycles. The number of aromatic amines is 1. The van der Waals surface area contributed by atoms with Crippen LogP contribution >= 0.6 is 0 Å². The number of nitrogens with one attached hydrogen (secondary N) is 1. The molecular weight excluding hydrogens is 234 g/mol. The van der Waals surface area contributed by atoms with E-state index < -0.39 is 0 Å². The van der Waals surface area contributed by atoms with Crippen LogP contribution < -0.4 is 0 Å². The highest BCUT2D eigenvalue weighted by Gasteiger charge is 2.14. The van der Waals surface area contributed by atoms with E-state index in [1.807, 2.05) is 6.92 Å². The lowest BCUT2D eigenvalue weighted by Gasteiger charge is -2.00. The van der Waals surface area contributed by atoms with Crippen LogP contribution in [0.5, 0.6) is 5.75 Å². The van der Waals surface area contributed by atoms with Crippen LogP contribution in [0.1, 0.15) is 5.56 Å². The molecule has 7 nitrogen and oxygen atoms in total. The Kier molecular flexibility index (Phi) is 2.30. The molecule has 2 heterocycles. The van der Waals surface area contributed by atoms with Crippen molar-refractivity contribution in [3.63, 3.8) is 0 Å². The number of phenolic OH excluding ortho intramolecular Hbond substituents is 1. The third kappa shape index (κ3) is 1.71. The summed E-state index contributed by atoms with van der Waals surface area (Å²) in [5.41, 5.74) is 1.62. The number of phenols is 1. The summed E-state index contributed by atoms with van der Waals surface area (Å²) < 4.78 is 5.16. The molecule has 2 N–H and O–H groups in total. The number of aromatic hydroxyl groups is 1. The standard InChI is InChI=1S/C11H9N5O2/c1-6-4-7(17)2-3-8(6)11-14-10(16-18-11)9-12-5-13-15-9/h2-5,17H,1H3,(H,12,13,15). The topological polar surface area (TPSA) is 101 Å². The molecule has 0 aliphatic heterocycles. The van der Waals surface area contributed by atoms with Crippen molar-refractivity contribution in [3.8, 4) is 28.9 Å². The van der Waals surface area contributed by atoms with Gasteiger partial charge in [0.05, 0.1) is 0 Å².